The van der Waals surface area contributed by atoms with E-state index >= 15 is 0 Å². The fourth-order valence-electron chi connectivity index (χ4n) is 3.60. The summed E-state index contributed by atoms with van der Waals surface area (Å²) in [6.07, 6.45) is 3.76. The summed E-state index contributed by atoms with van der Waals surface area (Å²) in [6, 6.07) is 11.5. The molecule has 3 heterocycles. The maximum Gasteiger partial charge on any atom is 0.241 e. The minimum absolute atomic E-state index is 0.200. The lowest BCUT2D eigenvalue weighted by atomic mass is 10.1. The van der Waals surface area contributed by atoms with Gasteiger partial charge >= 0.3 is 0 Å². The molecular weight excluding hydrogens is 384 g/mol. The molecule has 0 aliphatic carbocycles. The molecule has 2 aromatic heterocycles. The second-order valence-electron chi connectivity index (χ2n) is 7.35. The number of nitrogens with zero attached hydrogens (tertiary/aromatic N) is 4. The fraction of sp³-hybridized carbons (Fsp3) is 0.409. The topological polar surface area (TPSA) is 84.8 Å². The highest BCUT2D eigenvalue weighted by Gasteiger charge is 2.21. The molecule has 1 saturated heterocycles. The van der Waals surface area contributed by atoms with E-state index in [1.54, 1.807) is 25.5 Å². The van der Waals surface area contributed by atoms with Gasteiger partial charge in [-0.05, 0) is 42.7 Å². The van der Waals surface area contributed by atoms with Crippen molar-refractivity contribution in [1.82, 2.24) is 19.9 Å². The van der Waals surface area contributed by atoms with Gasteiger partial charge in [0.25, 0.3) is 0 Å². The van der Waals surface area contributed by atoms with Crippen LogP contribution in [0, 0.1) is 0 Å². The van der Waals surface area contributed by atoms with E-state index in [-0.39, 0.29) is 5.91 Å². The SMILES string of the molecule is COc1ccc(CCC(=O)N2CCCN(Cc3nc(-c4ccco4)no3)CC2)cc1. The molecule has 158 valence electrons. The van der Waals surface area contributed by atoms with Gasteiger partial charge in [0, 0.05) is 32.6 Å². The number of aryl methyl sites for hydroxylation is 1. The molecule has 30 heavy (non-hydrogen) atoms. The summed E-state index contributed by atoms with van der Waals surface area (Å²) in [6.45, 7) is 3.73. The second kappa shape index (κ2) is 9.58. The number of amides is 1. The van der Waals surface area contributed by atoms with Crippen molar-refractivity contribution in [2.75, 3.05) is 33.3 Å². The Hall–Kier alpha value is -3.13. The molecule has 4 rings (SSSR count). The predicted octanol–water partition coefficient (Wildman–Crippen LogP) is 3.01. The lowest BCUT2D eigenvalue weighted by molar-refractivity contribution is -0.131. The fourth-order valence-corrected chi connectivity index (χ4v) is 3.60. The van der Waals surface area contributed by atoms with E-state index in [2.05, 4.69) is 15.0 Å². The second-order valence-corrected chi connectivity index (χ2v) is 7.35. The van der Waals surface area contributed by atoms with Crippen LogP contribution in [0.2, 0.25) is 0 Å². The Kier molecular flexibility index (Phi) is 6.44. The van der Waals surface area contributed by atoms with Gasteiger partial charge in [-0.25, -0.2) is 0 Å². The number of benzene rings is 1. The molecule has 0 saturated carbocycles. The highest BCUT2D eigenvalue weighted by molar-refractivity contribution is 5.76. The van der Waals surface area contributed by atoms with Gasteiger partial charge in [0.1, 0.15) is 5.75 Å². The van der Waals surface area contributed by atoms with Crippen LogP contribution in [0.15, 0.2) is 51.6 Å². The van der Waals surface area contributed by atoms with Crippen molar-refractivity contribution >= 4 is 5.91 Å². The van der Waals surface area contributed by atoms with Crippen molar-refractivity contribution in [1.29, 1.82) is 0 Å². The molecule has 0 spiro atoms. The standard InChI is InChI=1S/C22H26N4O4/c1-28-18-8-5-17(6-9-18)7-10-21(27)26-12-3-11-25(13-14-26)16-20-23-22(24-30-20)19-4-2-15-29-19/h2,4-6,8-9,15H,3,7,10-14,16H2,1H3. The average Bonchev–Trinajstić information content (AvgIpc) is 3.41. The van der Waals surface area contributed by atoms with Crippen LogP contribution in [0.1, 0.15) is 24.3 Å². The molecular formula is C22H26N4O4. The van der Waals surface area contributed by atoms with Crippen LogP contribution < -0.4 is 4.74 Å². The smallest absolute Gasteiger partial charge is 0.241 e. The molecule has 1 aromatic carbocycles. The number of hydrogen-bond acceptors (Lipinski definition) is 7. The van der Waals surface area contributed by atoms with Gasteiger partial charge < -0.3 is 18.6 Å². The molecule has 0 N–H and O–H groups in total. The first-order valence-electron chi connectivity index (χ1n) is 10.2. The molecule has 8 nitrogen and oxygen atoms in total. The maximum absolute atomic E-state index is 12.7. The number of carbonyl (C=O) groups excluding carboxylic acids is 1. The number of ether oxygens (including phenoxy) is 1. The Balaban J connectivity index is 1.25. The van der Waals surface area contributed by atoms with Crippen LogP contribution in [0.3, 0.4) is 0 Å². The zero-order valence-corrected chi connectivity index (χ0v) is 17.1. The predicted molar refractivity (Wildman–Crippen MR) is 110 cm³/mol. The summed E-state index contributed by atoms with van der Waals surface area (Å²) < 4.78 is 15.8. The largest absolute Gasteiger partial charge is 0.497 e. The van der Waals surface area contributed by atoms with Crippen LogP contribution in [-0.2, 0) is 17.8 Å². The van der Waals surface area contributed by atoms with Gasteiger partial charge in [0.2, 0.25) is 17.6 Å². The van der Waals surface area contributed by atoms with Crippen molar-refractivity contribution in [2.24, 2.45) is 0 Å². The van der Waals surface area contributed by atoms with Crippen LogP contribution in [0.25, 0.3) is 11.6 Å². The Morgan fingerprint density at radius 2 is 2.00 bits per heavy atom. The Bertz CT molecular complexity index is 936. The monoisotopic (exact) mass is 410 g/mol. The minimum atomic E-state index is 0.200. The highest BCUT2D eigenvalue weighted by Crippen LogP contribution is 2.17. The summed E-state index contributed by atoms with van der Waals surface area (Å²) in [7, 11) is 1.65. The summed E-state index contributed by atoms with van der Waals surface area (Å²) in [5, 5.41) is 3.98. The quantitative estimate of drug-likeness (QED) is 0.592. The van der Waals surface area contributed by atoms with Gasteiger partial charge in [0.15, 0.2) is 5.76 Å². The van der Waals surface area contributed by atoms with E-state index in [1.165, 1.54) is 0 Å². The third-order valence-corrected chi connectivity index (χ3v) is 5.30. The lowest BCUT2D eigenvalue weighted by Crippen LogP contribution is -2.35. The molecule has 0 atom stereocenters. The van der Waals surface area contributed by atoms with E-state index in [0.29, 0.717) is 37.0 Å². The van der Waals surface area contributed by atoms with Crippen molar-refractivity contribution in [2.45, 2.75) is 25.8 Å². The Morgan fingerprint density at radius 1 is 1.13 bits per heavy atom. The molecule has 8 heteroatoms. The van der Waals surface area contributed by atoms with E-state index < -0.39 is 0 Å². The molecule has 1 fully saturated rings. The molecule has 0 radical (unpaired) electrons. The van der Waals surface area contributed by atoms with Crippen molar-refractivity contribution in [3.8, 4) is 17.3 Å². The first kappa shape index (κ1) is 20.2. The van der Waals surface area contributed by atoms with Gasteiger partial charge in [-0.3, -0.25) is 9.69 Å². The number of hydrogen-bond donors (Lipinski definition) is 0. The molecule has 1 amide bonds. The van der Waals surface area contributed by atoms with Gasteiger partial charge in [-0.1, -0.05) is 17.3 Å². The first-order valence-corrected chi connectivity index (χ1v) is 10.2. The highest BCUT2D eigenvalue weighted by atomic mass is 16.5. The van der Waals surface area contributed by atoms with E-state index in [1.807, 2.05) is 29.2 Å². The number of furan rings is 1. The van der Waals surface area contributed by atoms with Gasteiger partial charge in [-0.15, -0.1) is 0 Å². The van der Waals surface area contributed by atoms with E-state index in [0.717, 1.165) is 43.8 Å². The Labute approximate surface area is 175 Å². The molecule has 0 bridgehead atoms. The molecule has 1 aliphatic rings. The lowest BCUT2D eigenvalue weighted by Gasteiger charge is -2.21. The van der Waals surface area contributed by atoms with Crippen molar-refractivity contribution in [3.63, 3.8) is 0 Å². The van der Waals surface area contributed by atoms with E-state index in [9.17, 15) is 4.79 Å². The van der Waals surface area contributed by atoms with Crippen molar-refractivity contribution < 1.29 is 18.5 Å². The number of methoxy groups -OCH3 is 1. The zero-order chi connectivity index (χ0) is 20.8. The molecule has 3 aromatic rings. The molecule has 0 unspecified atom stereocenters. The zero-order valence-electron chi connectivity index (χ0n) is 17.1. The van der Waals surface area contributed by atoms with Gasteiger partial charge in [0.05, 0.1) is 19.9 Å². The maximum atomic E-state index is 12.7. The normalized spacial score (nSPS) is 15.2. The third kappa shape index (κ3) is 5.07. The number of rotatable bonds is 7. The number of carbonyl (C=O) groups is 1. The van der Waals surface area contributed by atoms with Crippen molar-refractivity contribution in [3.05, 3.63) is 54.1 Å². The van der Waals surface area contributed by atoms with Crippen LogP contribution in [0.4, 0.5) is 0 Å². The van der Waals surface area contributed by atoms with Crippen LogP contribution in [-0.4, -0.2) is 59.1 Å². The summed E-state index contributed by atoms with van der Waals surface area (Å²) in [4.78, 5) is 21.3. The summed E-state index contributed by atoms with van der Waals surface area (Å²) in [5.74, 6) is 2.64. The average molecular weight is 410 g/mol. The van der Waals surface area contributed by atoms with Crippen LogP contribution in [0.5, 0.6) is 5.75 Å². The van der Waals surface area contributed by atoms with E-state index in [4.69, 9.17) is 13.7 Å². The first-order chi connectivity index (χ1) is 14.7. The summed E-state index contributed by atoms with van der Waals surface area (Å²) in [5.41, 5.74) is 1.14. The minimum Gasteiger partial charge on any atom is -0.497 e. The number of aromatic nitrogens is 2. The molecule has 1 aliphatic heterocycles. The van der Waals surface area contributed by atoms with Gasteiger partial charge in [-0.2, -0.15) is 4.98 Å². The van der Waals surface area contributed by atoms with Crippen LogP contribution >= 0.6 is 0 Å². The Morgan fingerprint density at radius 3 is 2.77 bits per heavy atom. The third-order valence-electron chi connectivity index (χ3n) is 5.30. The summed E-state index contributed by atoms with van der Waals surface area (Å²) >= 11 is 0.